The Morgan fingerprint density at radius 1 is 0.688 bits per heavy atom. The minimum absolute atomic E-state index is 0.0116. The Morgan fingerprint density at radius 3 is 2.21 bits per heavy atom. The van der Waals surface area contributed by atoms with Crippen LogP contribution in [0, 0.1) is 27.1 Å². The van der Waals surface area contributed by atoms with E-state index >= 15 is 0 Å². The van der Waals surface area contributed by atoms with Crippen LogP contribution in [0.15, 0.2) is 103 Å². The molecule has 4 aromatic carbocycles. The van der Waals surface area contributed by atoms with Gasteiger partial charge in [-0.2, -0.15) is 0 Å². The second-order valence-electron chi connectivity index (χ2n) is 15.0. The predicted molar refractivity (Wildman–Crippen MR) is 196 cm³/mol. The van der Waals surface area contributed by atoms with Crippen LogP contribution in [0.5, 0.6) is 11.5 Å². The standard InChI is InChI=1S/C43H44N4O/c1-28-17-20-37(30(3)29(28)2)46-27-45(26-40(46)43(7,8)9)32-13-12-14-33(24-32)48-34-18-19-36-35-15-10-11-16-38(35)47(39(36)25-34)41-23-31(21-22-44-41)42(4,5)6/h10-26H,1-9H3. The maximum Gasteiger partial charge on any atom is 0.269 e. The molecule has 0 atom stereocenters. The fourth-order valence-corrected chi connectivity index (χ4v) is 6.50. The summed E-state index contributed by atoms with van der Waals surface area (Å²) in [6, 6.07) is 31.8. The lowest BCUT2D eigenvalue weighted by Crippen LogP contribution is -2.39. The van der Waals surface area contributed by atoms with E-state index in [9.17, 15) is 0 Å². The molecule has 3 heterocycles. The molecular weight excluding hydrogens is 589 g/mol. The highest BCUT2D eigenvalue weighted by Crippen LogP contribution is 2.36. The van der Waals surface area contributed by atoms with Crippen LogP contribution in [0.2, 0.25) is 0 Å². The zero-order valence-electron chi connectivity index (χ0n) is 29.5. The fourth-order valence-electron chi connectivity index (χ4n) is 6.50. The predicted octanol–water partition coefficient (Wildman–Crippen LogP) is 10.4. The molecule has 0 aliphatic rings. The molecular formula is C43H44N4O. The number of hydrogen-bond donors (Lipinski definition) is 0. The average molecular weight is 633 g/mol. The SMILES string of the molecule is Cc1ccc(-[n+]2[c-]n(-c3cccc(Oc4ccc5c6ccccc6n(-c6cc(C(C)(C)C)ccn6)c5c4)c3)cc2C(C)(C)C)c(C)c1C. The normalized spacial score (nSPS) is 12.3. The van der Waals surface area contributed by atoms with Gasteiger partial charge >= 0.3 is 0 Å². The van der Waals surface area contributed by atoms with Crippen LogP contribution >= 0.6 is 0 Å². The first-order valence-corrected chi connectivity index (χ1v) is 16.7. The number of ether oxygens (including phenoxy) is 1. The highest BCUT2D eigenvalue weighted by molar-refractivity contribution is 6.09. The summed E-state index contributed by atoms with van der Waals surface area (Å²) < 4.78 is 13.1. The highest BCUT2D eigenvalue weighted by Gasteiger charge is 2.23. The van der Waals surface area contributed by atoms with Gasteiger partial charge in [0, 0.05) is 29.2 Å². The first-order valence-electron chi connectivity index (χ1n) is 16.7. The molecule has 7 aromatic rings. The van der Waals surface area contributed by atoms with Crippen LogP contribution in [-0.2, 0) is 10.8 Å². The van der Waals surface area contributed by atoms with E-state index in [1.165, 1.54) is 33.3 Å². The summed E-state index contributed by atoms with van der Waals surface area (Å²) in [5.41, 5.74) is 10.5. The van der Waals surface area contributed by atoms with E-state index in [2.05, 4.69) is 167 Å². The van der Waals surface area contributed by atoms with Crippen molar-refractivity contribution in [1.82, 2.24) is 14.1 Å². The van der Waals surface area contributed by atoms with E-state index in [1.54, 1.807) is 0 Å². The number of fused-ring (bicyclic) bond motifs is 3. The number of imidazole rings is 1. The van der Waals surface area contributed by atoms with Crippen molar-refractivity contribution in [2.75, 3.05) is 0 Å². The van der Waals surface area contributed by atoms with Gasteiger partial charge < -0.3 is 4.74 Å². The molecule has 7 rings (SSSR count). The maximum absolute atomic E-state index is 6.58. The first-order chi connectivity index (χ1) is 22.8. The van der Waals surface area contributed by atoms with Gasteiger partial charge in [0.05, 0.1) is 28.1 Å². The number of aryl methyl sites for hydroxylation is 1. The second kappa shape index (κ2) is 11.5. The lowest BCUT2D eigenvalue weighted by Gasteiger charge is -2.22. The Kier molecular flexibility index (Phi) is 7.54. The molecule has 0 fully saturated rings. The van der Waals surface area contributed by atoms with Crippen LogP contribution in [0.1, 0.15) is 69.5 Å². The number of pyridine rings is 1. The van der Waals surface area contributed by atoms with Crippen molar-refractivity contribution in [3.63, 3.8) is 0 Å². The van der Waals surface area contributed by atoms with Crippen LogP contribution in [0.4, 0.5) is 0 Å². The summed E-state index contributed by atoms with van der Waals surface area (Å²) in [4.78, 5) is 4.83. The third-order valence-corrected chi connectivity index (χ3v) is 9.56. The number of nitrogens with zero attached hydrogens (tertiary/aromatic N) is 4. The molecule has 0 aliphatic heterocycles. The van der Waals surface area contributed by atoms with Gasteiger partial charge in [-0.05, 0) is 108 Å². The molecule has 5 nitrogen and oxygen atoms in total. The molecule has 48 heavy (non-hydrogen) atoms. The largest absolute Gasteiger partial charge is 0.458 e. The van der Waals surface area contributed by atoms with Crippen LogP contribution in [0.25, 0.3) is 39.0 Å². The van der Waals surface area contributed by atoms with Gasteiger partial charge in [-0.15, -0.1) is 0 Å². The van der Waals surface area contributed by atoms with Crippen LogP contribution in [-0.4, -0.2) is 14.1 Å². The van der Waals surface area contributed by atoms with Crippen molar-refractivity contribution in [1.29, 1.82) is 0 Å². The Labute approximate surface area is 284 Å². The molecule has 3 aromatic heterocycles. The minimum Gasteiger partial charge on any atom is -0.458 e. The van der Waals surface area contributed by atoms with Crippen molar-refractivity contribution in [3.05, 3.63) is 138 Å². The zero-order chi connectivity index (χ0) is 34.0. The number of rotatable bonds is 5. The summed E-state index contributed by atoms with van der Waals surface area (Å²) >= 11 is 0. The minimum atomic E-state index is -0.0871. The molecule has 5 heteroatoms. The van der Waals surface area contributed by atoms with Crippen molar-refractivity contribution < 1.29 is 9.30 Å². The third kappa shape index (κ3) is 5.57. The van der Waals surface area contributed by atoms with E-state index in [0.717, 1.165) is 45.1 Å². The topological polar surface area (TPSA) is 35.9 Å². The van der Waals surface area contributed by atoms with E-state index in [1.807, 2.05) is 18.3 Å². The van der Waals surface area contributed by atoms with Gasteiger partial charge in [0.1, 0.15) is 17.3 Å². The van der Waals surface area contributed by atoms with Gasteiger partial charge in [-0.1, -0.05) is 71.9 Å². The number of hydrogen-bond acceptors (Lipinski definition) is 2. The van der Waals surface area contributed by atoms with Crippen molar-refractivity contribution >= 4 is 21.8 Å². The van der Waals surface area contributed by atoms with Gasteiger partial charge in [0.15, 0.2) is 0 Å². The average Bonchev–Trinajstić information content (AvgIpc) is 3.64. The Morgan fingerprint density at radius 2 is 1.44 bits per heavy atom. The summed E-state index contributed by atoms with van der Waals surface area (Å²) in [5.74, 6) is 2.43. The quantitative estimate of drug-likeness (QED) is 0.140. The monoisotopic (exact) mass is 632 g/mol. The molecule has 0 saturated heterocycles. The lowest BCUT2D eigenvalue weighted by molar-refractivity contribution is -0.611. The molecule has 0 radical (unpaired) electrons. The van der Waals surface area contributed by atoms with Crippen LogP contribution < -0.4 is 9.30 Å². The number of benzene rings is 4. The first kappa shape index (κ1) is 31.4. The van der Waals surface area contributed by atoms with E-state index in [-0.39, 0.29) is 10.8 Å². The Balaban J connectivity index is 1.29. The Hall–Kier alpha value is -5.16. The molecule has 0 saturated carbocycles. The molecule has 0 bridgehead atoms. The van der Waals surface area contributed by atoms with Crippen molar-refractivity contribution in [2.24, 2.45) is 0 Å². The highest BCUT2D eigenvalue weighted by atomic mass is 16.5. The van der Waals surface area contributed by atoms with Gasteiger partial charge in [-0.25, -0.2) is 4.98 Å². The van der Waals surface area contributed by atoms with Crippen molar-refractivity contribution in [3.8, 4) is 28.7 Å². The summed E-state index contributed by atoms with van der Waals surface area (Å²) in [6.45, 7) is 20.0. The summed E-state index contributed by atoms with van der Waals surface area (Å²) in [7, 11) is 0. The fraction of sp³-hybridized carbons (Fsp3) is 0.256. The number of aromatic nitrogens is 4. The smallest absolute Gasteiger partial charge is 0.269 e. The summed E-state index contributed by atoms with van der Waals surface area (Å²) in [5, 5.41) is 2.35. The van der Waals surface area contributed by atoms with Crippen LogP contribution in [0.3, 0.4) is 0 Å². The number of para-hydroxylation sites is 1. The third-order valence-electron chi connectivity index (χ3n) is 9.56. The van der Waals surface area contributed by atoms with Gasteiger partial charge in [-0.3, -0.25) is 13.7 Å². The van der Waals surface area contributed by atoms with Gasteiger partial charge in [0.25, 0.3) is 6.33 Å². The molecule has 0 spiro atoms. The van der Waals surface area contributed by atoms with E-state index < -0.39 is 0 Å². The van der Waals surface area contributed by atoms with Crippen molar-refractivity contribution in [2.45, 2.75) is 73.1 Å². The molecule has 242 valence electrons. The van der Waals surface area contributed by atoms with Gasteiger partial charge in [0.2, 0.25) is 0 Å². The molecule has 0 unspecified atom stereocenters. The Bertz CT molecular complexity index is 2320. The molecule has 0 N–H and O–H groups in total. The van der Waals surface area contributed by atoms with E-state index in [0.29, 0.717) is 0 Å². The zero-order valence-corrected chi connectivity index (χ0v) is 29.5. The lowest BCUT2D eigenvalue weighted by atomic mass is 9.88. The molecule has 0 aliphatic carbocycles. The molecule has 0 amide bonds. The van der Waals surface area contributed by atoms with E-state index in [4.69, 9.17) is 9.72 Å². The summed E-state index contributed by atoms with van der Waals surface area (Å²) in [6.07, 6.45) is 7.75. The second-order valence-corrected chi connectivity index (χ2v) is 15.0. The maximum atomic E-state index is 6.58.